The molecular formula is C61H39N3O. The highest BCUT2D eigenvalue weighted by Gasteiger charge is 2.20. The third-order valence-electron chi connectivity index (χ3n) is 12.4. The molecule has 2 heterocycles. The number of hydrogen-bond donors (Lipinski definition) is 0. The standard InChI is InChI=1S/C61H39N3O/c1-3-12-40(13-4-1)43-26-33-47(34-27-43)59-62-60(48-35-28-44(29-36-48)51-19-9-18-50(38-51)41-14-5-2-6-15-41)64-61(63-59)55-22-11-23-56-57(55)54-21-10-20-53(58(54)65-56)46-31-24-45(25-32-46)52-37-30-42-16-7-8-17-49(42)39-52/h1-39H. The van der Waals surface area contributed by atoms with Crippen LogP contribution in [-0.4, -0.2) is 15.0 Å². The van der Waals surface area contributed by atoms with Crippen LogP contribution in [0.25, 0.3) is 123 Å². The fourth-order valence-electron chi connectivity index (χ4n) is 8.99. The van der Waals surface area contributed by atoms with E-state index in [2.05, 4.69) is 212 Å². The molecular weight excluding hydrogens is 791 g/mol. The van der Waals surface area contributed by atoms with E-state index in [0.29, 0.717) is 17.5 Å². The van der Waals surface area contributed by atoms with Crippen molar-refractivity contribution in [1.82, 2.24) is 15.0 Å². The molecule has 0 aliphatic rings. The maximum absolute atomic E-state index is 6.77. The molecule has 12 aromatic rings. The van der Waals surface area contributed by atoms with E-state index in [-0.39, 0.29) is 0 Å². The molecule has 0 aliphatic heterocycles. The van der Waals surface area contributed by atoms with E-state index < -0.39 is 0 Å². The number of furan rings is 1. The molecule has 0 spiro atoms. The zero-order chi connectivity index (χ0) is 43.1. The van der Waals surface area contributed by atoms with Gasteiger partial charge in [-0.2, -0.15) is 0 Å². The predicted molar refractivity (Wildman–Crippen MR) is 268 cm³/mol. The average Bonchev–Trinajstić information content (AvgIpc) is 3.79. The highest BCUT2D eigenvalue weighted by Crippen LogP contribution is 2.41. The Morgan fingerprint density at radius 3 is 1.34 bits per heavy atom. The lowest BCUT2D eigenvalue weighted by molar-refractivity contribution is 0.670. The zero-order valence-corrected chi connectivity index (χ0v) is 35.3. The van der Waals surface area contributed by atoms with Crippen molar-refractivity contribution >= 4 is 32.7 Å². The van der Waals surface area contributed by atoms with E-state index in [4.69, 9.17) is 19.4 Å². The molecule has 0 atom stereocenters. The summed E-state index contributed by atoms with van der Waals surface area (Å²) >= 11 is 0. The summed E-state index contributed by atoms with van der Waals surface area (Å²) in [5.74, 6) is 1.77. The molecule has 304 valence electrons. The summed E-state index contributed by atoms with van der Waals surface area (Å²) in [6, 6.07) is 82.9. The topological polar surface area (TPSA) is 51.8 Å². The number of nitrogens with zero attached hydrogens (tertiary/aromatic N) is 3. The van der Waals surface area contributed by atoms with Gasteiger partial charge in [0.2, 0.25) is 0 Å². The first kappa shape index (κ1) is 38.0. The summed E-state index contributed by atoms with van der Waals surface area (Å²) in [6.45, 7) is 0. The second-order valence-corrected chi connectivity index (χ2v) is 16.4. The fourth-order valence-corrected chi connectivity index (χ4v) is 8.99. The maximum Gasteiger partial charge on any atom is 0.164 e. The van der Waals surface area contributed by atoms with Gasteiger partial charge < -0.3 is 4.42 Å². The molecule has 0 N–H and O–H groups in total. The first-order valence-corrected chi connectivity index (χ1v) is 21.9. The third kappa shape index (κ3) is 7.23. The summed E-state index contributed by atoms with van der Waals surface area (Å²) in [7, 11) is 0. The molecule has 0 saturated carbocycles. The normalized spacial score (nSPS) is 11.4. The van der Waals surface area contributed by atoms with E-state index in [1.54, 1.807) is 0 Å². The van der Waals surface area contributed by atoms with Crippen LogP contribution in [0.5, 0.6) is 0 Å². The molecule has 2 aromatic heterocycles. The van der Waals surface area contributed by atoms with Crippen LogP contribution in [0.1, 0.15) is 0 Å². The van der Waals surface area contributed by atoms with E-state index in [1.165, 1.54) is 33.0 Å². The molecule has 0 bridgehead atoms. The lowest BCUT2D eigenvalue weighted by atomic mass is 9.97. The molecule has 0 fully saturated rings. The second-order valence-electron chi connectivity index (χ2n) is 16.4. The third-order valence-corrected chi connectivity index (χ3v) is 12.4. The van der Waals surface area contributed by atoms with Gasteiger partial charge in [0.25, 0.3) is 0 Å². The highest BCUT2D eigenvalue weighted by atomic mass is 16.3. The van der Waals surface area contributed by atoms with Crippen LogP contribution in [-0.2, 0) is 0 Å². The molecule has 0 saturated heterocycles. The predicted octanol–water partition coefficient (Wildman–Crippen LogP) is 16.3. The van der Waals surface area contributed by atoms with E-state index >= 15 is 0 Å². The Bertz CT molecular complexity index is 3670. The van der Waals surface area contributed by atoms with Crippen LogP contribution in [0.4, 0.5) is 0 Å². The van der Waals surface area contributed by atoms with Crippen LogP contribution in [0, 0.1) is 0 Å². The van der Waals surface area contributed by atoms with Crippen LogP contribution in [0.2, 0.25) is 0 Å². The van der Waals surface area contributed by atoms with Gasteiger partial charge in [0.05, 0.1) is 0 Å². The summed E-state index contributed by atoms with van der Waals surface area (Å²) in [6.07, 6.45) is 0. The number of para-hydroxylation sites is 1. The maximum atomic E-state index is 6.77. The Labute approximate surface area is 376 Å². The summed E-state index contributed by atoms with van der Waals surface area (Å²) in [5.41, 5.74) is 15.7. The van der Waals surface area contributed by atoms with Crippen molar-refractivity contribution in [3.05, 3.63) is 237 Å². The van der Waals surface area contributed by atoms with Gasteiger partial charge >= 0.3 is 0 Å². The van der Waals surface area contributed by atoms with Gasteiger partial charge in [-0.3, -0.25) is 0 Å². The van der Waals surface area contributed by atoms with E-state index in [1.807, 2.05) is 24.3 Å². The van der Waals surface area contributed by atoms with Crippen LogP contribution >= 0.6 is 0 Å². The lowest BCUT2D eigenvalue weighted by Gasteiger charge is -2.11. The van der Waals surface area contributed by atoms with Crippen molar-refractivity contribution in [2.75, 3.05) is 0 Å². The Morgan fingerprint density at radius 2 is 0.692 bits per heavy atom. The first-order valence-electron chi connectivity index (χ1n) is 21.9. The zero-order valence-electron chi connectivity index (χ0n) is 35.3. The SMILES string of the molecule is c1ccc(-c2ccc(-c3nc(-c4ccc(-c5cccc(-c6ccccc6)c5)cc4)nc(-c4cccc5oc6c(-c7ccc(-c8ccc9ccccc9c8)cc7)cccc6c45)n3)cc2)cc1. The number of fused-ring (bicyclic) bond motifs is 4. The quantitative estimate of drug-likeness (QED) is 0.153. The van der Waals surface area contributed by atoms with Crippen molar-refractivity contribution in [3.8, 4) is 89.8 Å². The monoisotopic (exact) mass is 829 g/mol. The Balaban J connectivity index is 0.948. The van der Waals surface area contributed by atoms with Gasteiger partial charge in [-0.05, 0) is 79.0 Å². The molecule has 4 nitrogen and oxygen atoms in total. The number of benzene rings is 10. The summed E-state index contributed by atoms with van der Waals surface area (Å²) < 4.78 is 6.77. The van der Waals surface area contributed by atoms with Crippen molar-refractivity contribution in [1.29, 1.82) is 0 Å². The molecule has 65 heavy (non-hydrogen) atoms. The largest absolute Gasteiger partial charge is 0.455 e. The minimum atomic E-state index is 0.579. The van der Waals surface area contributed by atoms with E-state index in [9.17, 15) is 0 Å². The summed E-state index contributed by atoms with van der Waals surface area (Å²) in [5, 5.41) is 4.44. The van der Waals surface area contributed by atoms with Gasteiger partial charge in [-0.25, -0.2) is 15.0 Å². The van der Waals surface area contributed by atoms with Crippen molar-refractivity contribution in [3.63, 3.8) is 0 Å². The second kappa shape index (κ2) is 16.2. The molecule has 0 unspecified atom stereocenters. The lowest BCUT2D eigenvalue weighted by Crippen LogP contribution is -2.00. The molecule has 0 radical (unpaired) electrons. The fraction of sp³-hybridized carbons (Fsp3) is 0. The van der Waals surface area contributed by atoms with E-state index in [0.717, 1.165) is 72.0 Å². The van der Waals surface area contributed by atoms with Gasteiger partial charge in [0.1, 0.15) is 11.2 Å². The van der Waals surface area contributed by atoms with Crippen molar-refractivity contribution in [2.45, 2.75) is 0 Å². The highest BCUT2D eigenvalue weighted by molar-refractivity contribution is 6.15. The Hall–Kier alpha value is -8.73. The Kier molecular flexibility index (Phi) is 9.46. The molecule has 4 heteroatoms. The molecule has 12 rings (SSSR count). The first-order chi connectivity index (χ1) is 32.2. The smallest absolute Gasteiger partial charge is 0.164 e. The minimum absolute atomic E-state index is 0.579. The van der Waals surface area contributed by atoms with Gasteiger partial charge in [0, 0.05) is 33.0 Å². The van der Waals surface area contributed by atoms with Crippen molar-refractivity contribution < 1.29 is 4.42 Å². The van der Waals surface area contributed by atoms with Crippen LogP contribution < -0.4 is 0 Å². The van der Waals surface area contributed by atoms with Gasteiger partial charge in [-0.1, -0.05) is 218 Å². The molecule has 10 aromatic carbocycles. The average molecular weight is 830 g/mol. The number of hydrogen-bond acceptors (Lipinski definition) is 4. The van der Waals surface area contributed by atoms with Gasteiger partial charge in [-0.15, -0.1) is 0 Å². The van der Waals surface area contributed by atoms with Crippen molar-refractivity contribution in [2.24, 2.45) is 0 Å². The summed E-state index contributed by atoms with van der Waals surface area (Å²) in [4.78, 5) is 15.6. The molecule has 0 amide bonds. The van der Waals surface area contributed by atoms with Gasteiger partial charge in [0.15, 0.2) is 17.5 Å². The minimum Gasteiger partial charge on any atom is -0.455 e. The van der Waals surface area contributed by atoms with Crippen LogP contribution in [0.3, 0.4) is 0 Å². The number of rotatable bonds is 8. The Morgan fingerprint density at radius 1 is 0.262 bits per heavy atom. The molecule has 0 aliphatic carbocycles. The number of aromatic nitrogens is 3. The van der Waals surface area contributed by atoms with Crippen LogP contribution in [0.15, 0.2) is 241 Å².